The first kappa shape index (κ1) is 26.6. The highest BCUT2D eigenvalue weighted by molar-refractivity contribution is 6.53. The number of imide groups is 1. The average Bonchev–Trinajstić information content (AvgIpc) is 3.12. The van der Waals surface area contributed by atoms with Gasteiger partial charge in [0.2, 0.25) is 0 Å². The molecule has 3 amide bonds. The van der Waals surface area contributed by atoms with Crippen LogP contribution in [0.4, 0.5) is 17.1 Å². The van der Waals surface area contributed by atoms with E-state index in [4.69, 9.17) is 16.3 Å². The van der Waals surface area contributed by atoms with E-state index in [2.05, 4.69) is 10.6 Å². The smallest absolute Gasteiger partial charge is 0.338 e. The fourth-order valence-electron chi connectivity index (χ4n) is 3.90. The molecule has 0 radical (unpaired) electrons. The van der Waals surface area contributed by atoms with Gasteiger partial charge in [-0.05, 0) is 74.4 Å². The third kappa shape index (κ3) is 5.60. The summed E-state index contributed by atoms with van der Waals surface area (Å²) in [5, 5.41) is 5.48. The standard InChI is InChI=1S/C29H26ClN3O5/c1-4-14-38-29(37)19-9-11-22(12-10-19)33-27(35)24(30)25(28(33)36)31-21-7-5-6-20(16-21)26(34)32-23-13-8-17(2)15-18(23)3/h5-13,15-16,31H,4,14H2,1-3H3,(H,32,34). The third-order valence-electron chi connectivity index (χ3n) is 5.85. The van der Waals surface area contributed by atoms with E-state index >= 15 is 0 Å². The van der Waals surface area contributed by atoms with E-state index < -0.39 is 17.8 Å². The molecule has 0 saturated carbocycles. The molecule has 0 spiro atoms. The summed E-state index contributed by atoms with van der Waals surface area (Å²) in [6, 6.07) is 18.1. The molecule has 0 bridgehead atoms. The van der Waals surface area contributed by atoms with Crippen LogP contribution in [0, 0.1) is 13.8 Å². The van der Waals surface area contributed by atoms with Crippen molar-refractivity contribution in [3.63, 3.8) is 0 Å². The number of hydrogen-bond acceptors (Lipinski definition) is 6. The van der Waals surface area contributed by atoms with Crippen LogP contribution in [0.1, 0.15) is 45.2 Å². The Morgan fingerprint density at radius 3 is 2.34 bits per heavy atom. The van der Waals surface area contributed by atoms with E-state index in [1.54, 1.807) is 24.3 Å². The molecule has 1 aliphatic rings. The van der Waals surface area contributed by atoms with Crippen molar-refractivity contribution in [1.29, 1.82) is 0 Å². The van der Waals surface area contributed by atoms with Crippen LogP contribution < -0.4 is 15.5 Å². The van der Waals surface area contributed by atoms with Crippen molar-refractivity contribution in [2.45, 2.75) is 27.2 Å². The number of anilines is 3. The van der Waals surface area contributed by atoms with E-state index in [0.29, 0.717) is 35.5 Å². The minimum atomic E-state index is -0.704. The normalized spacial score (nSPS) is 13.1. The summed E-state index contributed by atoms with van der Waals surface area (Å²) in [6.45, 7) is 6.08. The minimum Gasteiger partial charge on any atom is -0.462 e. The largest absolute Gasteiger partial charge is 0.462 e. The molecule has 9 heteroatoms. The summed E-state index contributed by atoms with van der Waals surface area (Å²) in [5.41, 5.74) is 3.92. The number of rotatable bonds is 8. The van der Waals surface area contributed by atoms with E-state index in [0.717, 1.165) is 16.0 Å². The van der Waals surface area contributed by atoms with E-state index in [-0.39, 0.29) is 22.3 Å². The Bertz CT molecular complexity index is 1460. The second-order valence-electron chi connectivity index (χ2n) is 8.80. The van der Waals surface area contributed by atoms with Crippen molar-refractivity contribution in [3.05, 3.63) is 99.7 Å². The van der Waals surface area contributed by atoms with Crippen molar-refractivity contribution in [2.75, 3.05) is 22.1 Å². The van der Waals surface area contributed by atoms with Gasteiger partial charge in [-0.1, -0.05) is 42.3 Å². The topological polar surface area (TPSA) is 105 Å². The van der Waals surface area contributed by atoms with Crippen LogP contribution in [0.5, 0.6) is 0 Å². The fraction of sp³-hybridized carbons (Fsp3) is 0.172. The predicted octanol–water partition coefficient (Wildman–Crippen LogP) is 5.56. The van der Waals surface area contributed by atoms with Crippen molar-refractivity contribution in [2.24, 2.45) is 0 Å². The van der Waals surface area contributed by atoms with Gasteiger partial charge < -0.3 is 15.4 Å². The lowest BCUT2D eigenvalue weighted by atomic mass is 10.1. The van der Waals surface area contributed by atoms with Gasteiger partial charge in [0, 0.05) is 16.9 Å². The second-order valence-corrected chi connectivity index (χ2v) is 9.17. The van der Waals surface area contributed by atoms with E-state index in [1.807, 2.05) is 39.0 Å². The van der Waals surface area contributed by atoms with Gasteiger partial charge in [0.1, 0.15) is 10.7 Å². The third-order valence-corrected chi connectivity index (χ3v) is 6.20. The van der Waals surface area contributed by atoms with Crippen LogP contribution >= 0.6 is 11.6 Å². The first-order valence-electron chi connectivity index (χ1n) is 12.0. The molecule has 0 aromatic heterocycles. The fourth-order valence-corrected chi connectivity index (χ4v) is 4.11. The molecule has 8 nitrogen and oxygen atoms in total. The number of halogens is 1. The van der Waals surface area contributed by atoms with E-state index in [9.17, 15) is 19.2 Å². The number of aryl methyl sites for hydroxylation is 2. The van der Waals surface area contributed by atoms with Crippen LogP contribution in [0.3, 0.4) is 0 Å². The minimum absolute atomic E-state index is 0.116. The number of carbonyl (C=O) groups is 4. The van der Waals surface area contributed by atoms with Crippen LogP contribution in [0.25, 0.3) is 0 Å². The Kier molecular flexibility index (Phi) is 7.93. The molecular formula is C29H26ClN3O5. The maximum Gasteiger partial charge on any atom is 0.338 e. The zero-order chi connectivity index (χ0) is 27.4. The molecule has 194 valence electrons. The molecule has 0 atom stereocenters. The van der Waals surface area contributed by atoms with Gasteiger partial charge >= 0.3 is 5.97 Å². The maximum atomic E-state index is 13.1. The quantitative estimate of drug-likeness (QED) is 0.291. The molecule has 0 unspecified atom stereocenters. The number of hydrogen-bond donors (Lipinski definition) is 2. The lowest BCUT2D eigenvalue weighted by Crippen LogP contribution is -2.32. The number of nitrogens with one attached hydrogen (secondary N) is 2. The predicted molar refractivity (Wildman–Crippen MR) is 146 cm³/mol. The van der Waals surface area contributed by atoms with Gasteiger partial charge in [-0.2, -0.15) is 0 Å². The second kappa shape index (κ2) is 11.3. The lowest BCUT2D eigenvalue weighted by molar-refractivity contribution is -0.120. The highest BCUT2D eigenvalue weighted by Crippen LogP contribution is 2.30. The summed E-state index contributed by atoms with van der Waals surface area (Å²) in [5.74, 6) is -2.18. The van der Waals surface area contributed by atoms with Gasteiger partial charge in [0.15, 0.2) is 0 Å². The highest BCUT2D eigenvalue weighted by Gasteiger charge is 2.39. The van der Waals surface area contributed by atoms with Crippen LogP contribution in [-0.2, 0) is 14.3 Å². The SMILES string of the molecule is CCCOC(=O)c1ccc(N2C(=O)C(Cl)=C(Nc3cccc(C(=O)Nc4ccc(C)cc4C)c3)C2=O)cc1. The highest BCUT2D eigenvalue weighted by atomic mass is 35.5. The van der Waals surface area contributed by atoms with Gasteiger partial charge in [0.25, 0.3) is 17.7 Å². The van der Waals surface area contributed by atoms with Crippen LogP contribution in [-0.4, -0.2) is 30.3 Å². The van der Waals surface area contributed by atoms with Crippen molar-refractivity contribution < 1.29 is 23.9 Å². The molecule has 0 aliphatic carbocycles. The Morgan fingerprint density at radius 1 is 0.921 bits per heavy atom. The van der Waals surface area contributed by atoms with Crippen molar-refractivity contribution in [3.8, 4) is 0 Å². The molecule has 1 aliphatic heterocycles. The first-order valence-corrected chi connectivity index (χ1v) is 12.4. The zero-order valence-corrected chi connectivity index (χ0v) is 21.9. The van der Waals surface area contributed by atoms with Crippen LogP contribution in [0.2, 0.25) is 0 Å². The molecule has 4 rings (SSSR count). The number of amides is 3. The number of carbonyl (C=O) groups excluding carboxylic acids is 4. The zero-order valence-electron chi connectivity index (χ0n) is 21.1. The monoisotopic (exact) mass is 531 g/mol. The molecule has 2 N–H and O–H groups in total. The Hall–Kier alpha value is -4.43. The number of ether oxygens (including phenoxy) is 1. The maximum absolute atomic E-state index is 13.1. The summed E-state index contributed by atoms with van der Waals surface area (Å²) < 4.78 is 5.10. The molecule has 1 heterocycles. The number of nitrogens with zero attached hydrogens (tertiary/aromatic N) is 1. The molecular weight excluding hydrogens is 506 g/mol. The van der Waals surface area contributed by atoms with Gasteiger partial charge in [-0.15, -0.1) is 0 Å². The number of esters is 1. The molecule has 3 aromatic rings. The van der Waals surface area contributed by atoms with Gasteiger partial charge in [0.05, 0.1) is 17.9 Å². The first-order chi connectivity index (χ1) is 18.2. The van der Waals surface area contributed by atoms with Gasteiger partial charge in [-0.25, -0.2) is 9.69 Å². The average molecular weight is 532 g/mol. The van der Waals surface area contributed by atoms with Crippen molar-refractivity contribution in [1.82, 2.24) is 0 Å². The van der Waals surface area contributed by atoms with Gasteiger partial charge in [-0.3, -0.25) is 14.4 Å². The number of benzene rings is 3. The van der Waals surface area contributed by atoms with Crippen molar-refractivity contribution >= 4 is 52.4 Å². The Balaban J connectivity index is 1.49. The van der Waals surface area contributed by atoms with E-state index in [1.165, 1.54) is 24.3 Å². The summed E-state index contributed by atoms with van der Waals surface area (Å²) in [7, 11) is 0. The summed E-state index contributed by atoms with van der Waals surface area (Å²) >= 11 is 6.25. The van der Waals surface area contributed by atoms with Crippen LogP contribution in [0.15, 0.2) is 77.5 Å². The Labute approximate surface area is 225 Å². The Morgan fingerprint density at radius 2 is 1.66 bits per heavy atom. The lowest BCUT2D eigenvalue weighted by Gasteiger charge is -2.16. The molecule has 38 heavy (non-hydrogen) atoms. The summed E-state index contributed by atoms with van der Waals surface area (Å²) in [4.78, 5) is 51.8. The molecule has 3 aromatic carbocycles. The molecule has 0 saturated heterocycles. The summed E-state index contributed by atoms with van der Waals surface area (Å²) in [6.07, 6.45) is 0.695. The molecule has 0 fully saturated rings.